The summed E-state index contributed by atoms with van der Waals surface area (Å²) >= 11 is 0. The molecule has 3 aromatic carbocycles. The Balaban J connectivity index is 1.63. The van der Waals surface area contributed by atoms with Crippen LogP contribution >= 0.6 is 7.52 Å². The summed E-state index contributed by atoms with van der Waals surface area (Å²) in [6, 6.07) is 21.9. The van der Waals surface area contributed by atoms with Crippen LogP contribution in [-0.2, 0) is 20.7 Å². The van der Waals surface area contributed by atoms with Gasteiger partial charge in [0.25, 0.3) is 0 Å². The summed E-state index contributed by atoms with van der Waals surface area (Å²) < 4.78 is 23.9. The van der Waals surface area contributed by atoms with E-state index in [9.17, 15) is 9.36 Å². The van der Waals surface area contributed by atoms with Gasteiger partial charge in [0.1, 0.15) is 18.4 Å². The third kappa shape index (κ3) is 5.19. The summed E-state index contributed by atoms with van der Waals surface area (Å²) in [5.74, 6) is 0.0266. The quantitative estimate of drug-likeness (QED) is 0.471. The van der Waals surface area contributed by atoms with Crippen LogP contribution in [0.4, 0.5) is 0 Å². The van der Waals surface area contributed by atoms with Crippen molar-refractivity contribution in [1.29, 1.82) is 0 Å². The van der Waals surface area contributed by atoms with Gasteiger partial charge in [-0.05, 0) is 23.9 Å². The van der Waals surface area contributed by atoms with E-state index in [4.69, 9.17) is 9.26 Å². The first-order valence-electron chi connectivity index (χ1n) is 8.68. The first kappa shape index (κ1) is 19.2. The van der Waals surface area contributed by atoms with Gasteiger partial charge in [-0.3, -0.25) is 9.36 Å². The van der Waals surface area contributed by atoms with E-state index in [1.165, 1.54) is 6.66 Å². The maximum atomic E-state index is 12.9. The molecule has 0 amide bonds. The lowest BCUT2D eigenvalue weighted by atomic mass is 10.1. The van der Waals surface area contributed by atoms with Crippen molar-refractivity contribution >= 4 is 24.3 Å². The molecule has 2 atom stereocenters. The van der Waals surface area contributed by atoms with Crippen LogP contribution in [0.3, 0.4) is 0 Å². The van der Waals surface area contributed by atoms with Gasteiger partial charge in [-0.25, -0.2) is 5.09 Å². The molecule has 0 saturated carbocycles. The molecule has 3 aromatic rings. The van der Waals surface area contributed by atoms with Crippen LogP contribution in [0.1, 0.15) is 12.5 Å². The van der Waals surface area contributed by atoms with Gasteiger partial charge in [-0.1, -0.05) is 66.7 Å². The van der Waals surface area contributed by atoms with Crippen LogP contribution in [0, 0.1) is 0 Å². The molecule has 27 heavy (non-hydrogen) atoms. The minimum absolute atomic E-state index is 0.171. The monoisotopic (exact) mass is 383 g/mol. The molecule has 6 heteroatoms. The van der Waals surface area contributed by atoms with E-state index >= 15 is 0 Å². The predicted octanol–water partition coefficient (Wildman–Crippen LogP) is 4.76. The average Bonchev–Trinajstić information content (AvgIpc) is 2.66. The van der Waals surface area contributed by atoms with Crippen LogP contribution in [0.5, 0.6) is 5.75 Å². The first-order chi connectivity index (χ1) is 12.9. The normalized spacial score (nSPS) is 14.3. The highest BCUT2D eigenvalue weighted by Crippen LogP contribution is 2.42. The fourth-order valence-electron chi connectivity index (χ4n) is 2.75. The molecule has 0 aliphatic heterocycles. The van der Waals surface area contributed by atoms with Gasteiger partial charge in [-0.15, -0.1) is 0 Å². The fraction of sp³-hybridized carbons (Fsp3) is 0.190. The minimum atomic E-state index is -3.28. The third-order valence-electron chi connectivity index (χ3n) is 4.03. The van der Waals surface area contributed by atoms with Crippen molar-refractivity contribution in [3.8, 4) is 5.75 Å². The van der Waals surface area contributed by atoms with Crippen molar-refractivity contribution in [3.63, 3.8) is 0 Å². The molecular weight excluding hydrogens is 361 g/mol. The average molecular weight is 383 g/mol. The number of carbonyl (C=O) groups excluding carboxylic acids is 1. The molecule has 0 aliphatic rings. The number of esters is 1. The molecule has 3 rings (SSSR count). The van der Waals surface area contributed by atoms with E-state index < -0.39 is 19.5 Å². The largest absolute Gasteiger partial charge is 0.460 e. The second-order valence-electron chi connectivity index (χ2n) is 6.36. The molecule has 0 spiro atoms. The van der Waals surface area contributed by atoms with Crippen molar-refractivity contribution in [1.82, 2.24) is 5.09 Å². The van der Waals surface area contributed by atoms with Crippen molar-refractivity contribution in [2.24, 2.45) is 0 Å². The lowest BCUT2D eigenvalue weighted by molar-refractivity contribution is -0.146. The number of hydrogen-bond donors (Lipinski definition) is 1. The Morgan fingerprint density at radius 3 is 2.44 bits per heavy atom. The second-order valence-corrected chi connectivity index (χ2v) is 8.49. The number of ether oxygens (including phenoxy) is 1. The Morgan fingerprint density at radius 1 is 1.00 bits per heavy atom. The van der Waals surface area contributed by atoms with Crippen molar-refractivity contribution in [2.75, 3.05) is 6.66 Å². The zero-order chi connectivity index (χ0) is 19.3. The fourth-order valence-corrected chi connectivity index (χ4v) is 4.14. The van der Waals surface area contributed by atoms with Crippen molar-refractivity contribution in [2.45, 2.75) is 19.6 Å². The Morgan fingerprint density at radius 2 is 1.67 bits per heavy atom. The molecule has 0 radical (unpaired) electrons. The number of benzene rings is 3. The highest BCUT2D eigenvalue weighted by molar-refractivity contribution is 7.56. The van der Waals surface area contributed by atoms with Crippen molar-refractivity contribution in [3.05, 3.63) is 78.4 Å². The molecule has 1 N–H and O–H groups in total. The number of rotatable bonds is 7. The Labute approximate surface area is 158 Å². The second kappa shape index (κ2) is 8.38. The van der Waals surface area contributed by atoms with Gasteiger partial charge in [-0.2, -0.15) is 0 Å². The summed E-state index contributed by atoms with van der Waals surface area (Å²) in [7, 11) is -3.28. The van der Waals surface area contributed by atoms with Gasteiger partial charge in [0.15, 0.2) is 0 Å². The van der Waals surface area contributed by atoms with Gasteiger partial charge < -0.3 is 9.26 Å². The van der Waals surface area contributed by atoms with Crippen LogP contribution in [0.2, 0.25) is 0 Å². The summed E-state index contributed by atoms with van der Waals surface area (Å²) in [6.07, 6.45) is 0. The number of nitrogens with one attached hydrogen (secondary N) is 1. The summed E-state index contributed by atoms with van der Waals surface area (Å²) in [5, 5.41) is 4.62. The molecule has 5 nitrogen and oxygen atoms in total. The molecule has 0 saturated heterocycles. The first-order valence-corrected chi connectivity index (χ1v) is 10.7. The van der Waals surface area contributed by atoms with Gasteiger partial charge >= 0.3 is 13.5 Å². The Kier molecular flexibility index (Phi) is 5.94. The van der Waals surface area contributed by atoms with Crippen LogP contribution in [0.15, 0.2) is 72.8 Å². The van der Waals surface area contributed by atoms with E-state index in [0.717, 1.165) is 16.3 Å². The number of fused-ring (bicyclic) bond motifs is 1. The van der Waals surface area contributed by atoms with Crippen LogP contribution < -0.4 is 9.61 Å². The lowest BCUT2D eigenvalue weighted by Crippen LogP contribution is -2.34. The Hall–Kier alpha value is -2.62. The van der Waals surface area contributed by atoms with E-state index in [0.29, 0.717) is 5.75 Å². The SMILES string of the molecule is C[C@@H](NP(C)(=O)Oc1cccc2ccccc12)C(=O)OCc1ccccc1. The van der Waals surface area contributed by atoms with E-state index in [1.807, 2.05) is 66.7 Å². The third-order valence-corrected chi connectivity index (χ3v) is 5.43. The molecule has 140 valence electrons. The van der Waals surface area contributed by atoms with Gasteiger partial charge in [0, 0.05) is 12.1 Å². The Bertz CT molecular complexity index is 969. The topological polar surface area (TPSA) is 64.6 Å². The molecule has 0 aromatic heterocycles. The van der Waals surface area contributed by atoms with Crippen LogP contribution in [-0.4, -0.2) is 18.7 Å². The highest BCUT2D eigenvalue weighted by Gasteiger charge is 2.26. The van der Waals surface area contributed by atoms with E-state index in [1.54, 1.807) is 13.0 Å². The molecule has 0 fully saturated rings. The van der Waals surface area contributed by atoms with Crippen molar-refractivity contribution < 1.29 is 18.6 Å². The smallest absolute Gasteiger partial charge is 0.323 e. The standard InChI is InChI=1S/C21H22NO4P/c1-16(21(23)25-15-17-9-4-3-5-10-17)22-27(2,24)26-20-14-8-12-18-11-6-7-13-19(18)20/h3-14,16H,15H2,1-2H3,(H,22,24)/t16-,27?/m1/s1. The molecule has 0 aliphatic carbocycles. The summed E-state index contributed by atoms with van der Waals surface area (Å²) in [6.45, 7) is 3.23. The maximum Gasteiger partial charge on any atom is 0.323 e. The predicted molar refractivity (Wildman–Crippen MR) is 107 cm³/mol. The maximum absolute atomic E-state index is 12.9. The van der Waals surface area contributed by atoms with Gasteiger partial charge in [0.05, 0.1) is 0 Å². The molecule has 0 bridgehead atoms. The summed E-state index contributed by atoms with van der Waals surface area (Å²) in [4.78, 5) is 12.2. The van der Waals surface area contributed by atoms with E-state index in [2.05, 4.69) is 5.09 Å². The van der Waals surface area contributed by atoms with Crippen LogP contribution in [0.25, 0.3) is 10.8 Å². The van der Waals surface area contributed by atoms with Gasteiger partial charge in [0.2, 0.25) is 0 Å². The number of carbonyl (C=O) groups is 1. The molecule has 1 unspecified atom stereocenters. The zero-order valence-electron chi connectivity index (χ0n) is 15.3. The zero-order valence-corrected chi connectivity index (χ0v) is 16.2. The highest BCUT2D eigenvalue weighted by atomic mass is 31.2. The van der Waals surface area contributed by atoms with E-state index in [-0.39, 0.29) is 6.61 Å². The lowest BCUT2D eigenvalue weighted by Gasteiger charge is -2.21. The molecule has 0 heterocycles. The summed E-state index contributed by atoms with van der Waals surface area (Å²) in [5.41, 5.74) is 0.893. The number of hydrogen-bond acceptors (Lipinski definition) is 4. The minimum Gasteiger partial charge on any atom is -0.460 e. The molecular formula is C21H22NO4P.